The number of ether oxygens (including phenoxy) is 1. The fourth-order valence-electron chi connectivity index (χ4n) is 3.39. The highest BCUT2D eigenvalue weighted by Gasteiger charge is 2.49. The van der Waals surface area contributed by atoms with E-state index in [9.17, 15) is 9.59 Å². The van der Waals surface area contributed by atoms with Gasteiger partial charge in [0.2, 0.25) is 0 Å². The van der Waals surface area contributed by atoms with Crippen molar-refractivity contribution in [2.45, 2.75) is 32.8 Å². The van der Waals surface area contributed by atoms with Crippen molar-refractivity contribution >= 4 is 11.8 Å². The highest BCUT2D eigenvalue weighted by molar-refractivity contribution is 6.05. The lowest BCUT2D eigenvalue weighted by Crippen LogP contribution is -2.37. The first-order valence-electron chi connectivity index (χ1n) is 6.26. The Morgan fingerprint density at radius 3 is 2.89 bits per heavy atom. The maximum absolute atomic E-state index is 11.8. The maximum Gasteiger partial charge on any atom is 0.334 e. The van der Waals surface area contributed by atoms with E-state index in [-0.39, 0.29) is 29.2 Å². The van der Waals surface area contributed by atoms with Crippen LogP contribution in [0.1, 0.15) is 26.7 Å². The molecule has 0 aromatic carbocycles. The van der Waals surface area contributed by atoms with Gasteiger partial charge >= 0.3 is 5.97 Å². The van der Waals surface area contributed by atoms with Gasteiger partial charge in [0, 0.05) is 16.9 Å². The van der Waals surface area contributed by atoms with Gasteiger partial charge in [-0.25, -0.2) is 4.79 Å². The van der Waals surface area contributed by atoms with Gasteiger partial charge in [0.25, 0.3) is 0 Å². The molecular weight excluding hydrogens is 228 g/mol. The molecular formula is C15H16O3. The van der Waals surface area contributed by atoms with Gasteiger partial charge in [-0.3, -0.25) is 4.79 Å². The normalized spacial score (nSPS) is 38.7. The second kappa shape index (κ2) is 3.44. The molecule has 18 heavy (non-hydrogen) atoms. The molecule has 1 saturated carbocycles. The molecule has 0 aromatic rings. The van der Waals surface area contributed by atoms with E-state index in [0.717, 1.165) is 17.6 Å². The minimum Gasteiger partial charge on any atom is -0.458 e. The Balaban J connectivity index is 2.04. The molecule has 0 radical (unpaired) electrons. The van der Waals surface area contributed by atoms with Crippen molar-refractivity contribution in [1.29, 1.82) is 0 Å². The Hall–Kier alpha value is -1.64. The Morgan fingerprint density at radius 2 is 2.17 bits per heavy atom. The Kier molecular flexibility index (Phi) is 2.19. The summed E-state index contributed by atoms with van der Waals surface area (Å²) in [5.74, 6) is -0.146. The average Bonchev–Trinajstić information content (AvgIpc) is 2.58. The van der Waals surface area contributed by atoms with Gasteiger partial charge in [0.1, 0.15) is 6.10 Å². The van der Waals surface area contributed by atoms with Crippen molar-refractivity contribution in [2.75, 3.05) is 0 Å². The van der Waals surface area contributed by atoms with Crippen LogP contribution in [0.25, 0.3) is 0 Å². The van der Waals surface area contributed by atoms with Crippen LogP contribution in [0.2, 0.25) is 0 Å². The second-order valence-corrected chi connectivity index (χ2v) is 5.70. The predicted octanol–water partition coefficient (Wildman–Crippen LogP) is 2.34. The lowest BCUT2D eigenvalue weighted by atomic mass is 9.63. The fourth-order valence-corrected chi connectivity index (χ4v) is 3.39. The van der Waals surface area contributed by atoms with Crippen LogP contribution in [-0.2, 0) is 14.3 Å². The van der Waals surface area contributed by atoms with E-state index in [2.05, 4.69) is 13.5 Å². The minimum absolute atomic E-state index is 0.0508. The number of hydrogen-bond acceptors (Lipinski definition) is 3. The molecule has 1 saturated heterocycles. The van der Waals surface area contributed by atoms with E-state index in [1.165, 1.54) is 0 Å². The van der Waals surface area contributed by atoms with Crippen molar-refractivity contribution in [3.05, 3.63) is 35.5 Å². The number of carbonyl (C=O) groups is 2. The maximum atomic E-state index is 11.8. The second-order valence-electron chi connectivity index (χ2n) is 5.70. The summed E-state index contributed by atoms with van der Waals surface area (Å²) in [6.07, 6.45) is 4.99. The molecule has 0 bridgehead atoms. The van der Waals surface area contributed by atoms with Crippen molar-refractivity contribution in [1.82, 2.24) is 0 Å². The molecule has 3 rings (SSSR count). The summed E-state index contributed by atoms with van der Waals surface area (Å²) in [6, 6.07) is 0. The quantitative estimate of drug-likeness (QED) is 0.485. The molecule has 0 spiro atoms. The van der Waals surface area contributed by atoms with E-state index in [0.29, 0.717) is 12.0 Å². The summed E-state index contributed by atoms with van der Waals surface area (Å²) in [7, 11) is 0. The van der Waals surface area contributed by atoms with Crippen LogP contribution in [0.5, 0.6) is 0 Å². The van der Waals surface area contributed by atoms with E-state index in [4.69, 9.17) is 4.74 Å². The molecule has 1 aliphatic heterocycles. The summed E-state index contributed by atoms with van der Waals surface area (Å²) in [6.45, 7) is 7.81. The summed E-state index contributed by atoms with van der Waals surface area (Å²) >= 11 is 0. The predicted molar refractivity (Wildman–Crippen MR) is 66.7 cm³/mol. The zero-order valence-corrected chi connectivity index (χ0v) is 10.7. The molecule has 1 heterocycles. The van der Waals surface area contributed by atoms with Crippen LogP contribution in [0.15, 0.2) is 35.5 Å². The first-order chi connectivity index (χ1) is 8.42. The van der Waals surface area contributed by atoms with Gasteiger partial charge in [-0.15, -0.1) is 0 Å². The van der Waals surface area contributed by atoms with Gasteiger partial charge < -0.3 is 4.74 Å². The fraction of sp³-hybridized carbons (Fsp3) is 0.467. The van der Waals surface area contributed by atoms with Gasteiger partial charge in [0.05, 0.1) is 0 Å². The molecule has 0 amide bonds. The average molecular weight is 244 g/mol. The zero-order valence-electron chi connectivity index (χ0n) is 10.7. The highest BCUT2D eigenvalue weighted by Crippen LogP contribution is 2.52. The van der Waals surface area contributed by atoms with Crippen molar-refractivity contribution < 1.29 is 14.3 Å². The molecule has 2 fully saturated rings. The van der Waals surface area contributed by atoms with Crippen molar-refractivity contribution in [2.24, 2.45) is 11.3 Å². The van der Waals surface area contributed by atoms with Gasteiger partial charge in [-0.2, -0.15) is 0 Å². The van der Waals surface area contributed by atoms with E-state index < -0.39 is 0 Å². The van der Waals surface area contributed by atoms with Crippen molar-refractivity contribution in [3.63, 3.8) is 0 Å². The topological polar surface area (TPSA) is 43.4 Å². The number of ketones is 1. The number of hydrogen-bond donors (Lipinski definition) is 0. The first-order valence-corrected chi connectivity index (χ1v) is 6.26. The Labute approximate surface area is 106 Å². The first kappa shape index (κ1) is 11.5. The molecule has 0 aromatic heterocycles. The Morgan fingerprint density at radius 1 is 1.44 bits per heavy atom. The zero-order chi connectivity index (χ0) is 13.1. The molecule has 2 aliphatic carbocycles. The number of allylic oxidation sites excluding steroid dienone is 4. The third-order valence-electron chi connectivity index (χ3n) is 4.58. The molecule has 94 valence electrons. The molecule has 3 heteroatoms. The van der Waals surface area contributed by atoms with Gasteiger partial charge in [0.15, 0.2) is 5.78 Å². The largest absolute Gasteiger partial charge is 0.458 e. The standard InChI is InChI=1S/C15H16O3/c1-8-10-6-11-9(2)12(16)4-5-15(11,3)7-13(10)18-14(8)17/h4-5,10,13H,1,6-7H2,2-3H3. The van der Waals surface area contributed by atoms with Crippen LogP contribution in [0.3, 0.4) is 0 Å². The lowest BCUT2D eigenvalue weighted by molar-refractivity contribution is -0.140. The number of fused-ring (bicyclic) bond motifs is 2. The van der Waals surface area contributed by atoms with E-state index in [1.54, 1.807) is 6.08 Å². The highest BCUT2D eigenvalue weighted by atomic mass is 16.6. The van der Waals surface area contributed by atoms with Gasteiger partial charge in [-0.05, 0) is 31.4 Å². The summed E-state index contributed by atoms with van der Waals surface area (Å²) in [5.41, 5.74) is 2.38. The summed E-state index contributed by atoms with van der Waals surface area (Å²) in [5, 5.41) is 0. The number of esters is 1. The lowest BCUT2D eigenvalue weighted by Gasteiger charge is -2.41. The number of rotatable bonds is 0. The van der Waals surface area contributed by atoms with Crippen LogP contribution in [0, 0.1) is 11.3 Å². The molecule has 3 atom stereocenters. The van der Waals surface area contributed by atoms with Gasteiger partial charge in [-0.1, -0.05) is 25.2 Å². The van der Waals surface area contributed by atoms with Crippen LogP contribution < -0.4 is 0 Å². The third kappa shape index (κ3) is 1.36. The van der Waals surface area contributed by atoms with Crippen LogP contribution >= 0.6 is 0 Å². The SMILES string of the molecule is C=C1C(=O)OC2CC3(C)C=CC(=O)C(C)=C3CC12. The molecule has 3 nitrogen and oxygen atoms in total. The smallest absolute Gasteiger partial charge is 0.334 e. The summed E-state index contributed by atoms with van der Waals surface area (Å²) in [4.78, 5) is 23.3. The molecule has 0 N–H and O–H groups in total. The van der Waals surface area contributed by atoms with E-state index in [1.807, 2.05) is 13.0 Å². The Bertz CT molecular complexity index is 538. The van der Waals surface area contributed by atoms with Crippen LogP contribution in [0.4, 0.5) is 0 Å². The minimum atomic E-state index is -0.277. The summed E-state index contributed by atoms with van der Waals surface area (Å²) < 4.78 is 5.37. The molecule has 3 unspecified atom stereocenters. The molecule has 3 aliphatic rings. The third-order valence-corrected chi connectivity index (χ3v) is 4.58. The monoisotopic (exact) mass is 244 g/mol. The van der Waals surface area contributed by atoms with Crippen LogP contribution in [-0.4, -0.2) is 17.9 Å². The van der Waals surface area contributed by atoms with E-state index >= 15 is 0 Å². The van der Waals surface area contributed by atoms with Crippen molar-refractivity contribution in [3.8, 4) is 0 Å². The number of carbonyl (C=O) groups excluding carboxylic acids is 2.